The zero-order valence-corrected chi connectivity index (χ0v) is 34.2. The van der Waals surface area contributed by atoms with Crippen LogP contribution >= 0.6 is 0 Å². The second kappa shape index (κ2) is 19.7. The van der Waals surface area contributed by atoms with E-state index >= 15 is 0 Å². The molecule has 0 amide bonds. The Hall–Kier alpha value is -8.54. The number of aliphatic hydroxyl groups is 1. The number of hydrogen-bond donors (Lipinski definition) is 5. The van der Waals surface area contributed by atoms with Gasteiger partial charge >= 0.3 is 11.9 Å². The molecule has 8 aromatic carbocycles. The summed E-state index contributed by atoms with van der Waals surface area (Å²) in [5.41, 5.74) is 22.9. The maximum absolute atomic E-state index is 10.7. The molecule has 11 nitrogen and oxygen atoms in total. The van der Waals surface area contributed by atoms with Crippen LogP contribution in [0.25, 0.3) is 11.1 Å². The molecule has 0 radical (unpaired) electrons. The van der Waals surface area contributed by atoms with Gasteiger partial charge in [-0.1, -0.05) is 36.4 Å². The van der Waals surface area contributed by atoms with Crippen LogP contribution in [0, 0.1) is 0 Å². The van der Waals surface area contributed by atoms with Crippen LogP contribution in [0.2, 0.25) is 0 Å². The van der Waals surface area contributed by atoms with Crippen molar-refractivity contribution in [1.29, 1.82) is 0 Å². The van der Waals surface area contributed by atoms with Crippen molar-refractivity contribution in [2.24, 2.45) is 0 Å². The molecule has 0 fully saturated rings. The number of anilines is 8. The molecule has 7 N–H and O–H groups in total. The van der Waals surface area contributed by atoms with Crippen molar-refractivity contribution in [2.75, 3.05) is 28.4 Å². The molecule has 0 aliphatic heterocycles. The van der Waals surface area contributed by atoms with Crippen LogP contribution < -0.4 is 30.7 Å². The number of nitrogens with zero attached hydrogens (tertiary/aromatic N) is 2. The highest BCUT2D eigenvalue weighted by Crippen LogP contribution is 2.39. The number of aromatic carboxylic acids is 2. The number of carboxylic acid groups (broad SMARTS) is 2. The minimum atomic E-state index is -1.00. The van der Waals surface area contributed by atoms with Crippen LogP contribution in [0.3, 0.4) is 0 Å². The maximum atomic E-state index is 10.7. The number of methoxy groups -OCH3 is 1. The van der Waals surface area contributed by atoms with E-state index in [-0.39, 0.29) is 17.7 Å². The standard InChI is InChI=1S/C38H34N4O2.C14H10O5/c1-44-38-24-22-37(23-25-38)42(36-20-10-31(40)11-21-36)34-16-6-29(7-17-34)28-4-14-33(15-5-28)41(35-18-8-30(39)9-19-35)32-12-2-27(26-43)3-13-32;15-13(16)9-1-5-11(6-2-9)19-12-7-3-10(4-8-12)14(17)18/h2-25,43H,26,39-40H2,1H3;1-8H,(H,15,16)(H,17,18). The fourth-order valence-electron chi connectivity index (χ4n) is 6.70. The number of rotatable bonds is 13. The molecule has 0 aliphatic rings. The second-order valence-electron chi connectivity index (χ2n) is 14.2. The molecule has 0 aliphatic carbocycles. The van der Waals surface area contributed by atoms with Gasteiger partial charge in [0.05, 0.1) is 24.8 Å². The molecule has 0 atom stereocenters. The van der Waals surface area contributed by atoms with E-state index in [0.717, 1.165) is 62.3 Å². The van der Waals surface area contributed by atoms with E-state index in [1.54, 1.807) is 7.11 Å². The Labute approximate surface area is 364 Å². The largest absolute Gasteiger partial charge is 0.497 e. The van der Waals surface area contributed by atoms with Crippen molar-refractivity contribution in [3.63, 3.8) is 0 Å². The van der Waals surface area contributed by atoms with E-state index in [1.807, 2.05) is 97.1 Å². The zero-order chi connectivity index (χ0) is 44.3. The van der Waals surface area contributed by atoms with Crippen molar-refractivity contribution in [1.82, 2.24) is 0 Å². The van der Waals surface area contributed by atoms with Gasteiger partial charge in [-0.25, -0.2) is 9.59 Å². The third-order valence-electron chi connectivity index (χ3n) is 10.0. The third kappa shape index (κ3) is 10.6. The van der Waals surface area contributed by atoms with E-state index in [9.17, 15) is 14.7 Å². The predicted molar refractivity (Wildman–Crippen MR) is 249 cm³/mol. The first-order valence-corrected chi connectivity index (χ1v) is 19.8. The number of carboxylic acids is 2. The average molecular weight is 837 g/mol. The first-order chi connectivity index (χ1) is 30.6. The van der Waals surface area contributed by atoms with E-state index in [2.05, 4.69) is 58.3 Å². The van der Waals surface area contributed by atoms with Gasteiger partial charge in [0, 0.05) is 45.5 Å². The minimum Gasteiger partial charge on any atom is -0.497 e. The summed E-state index contributed by atoms with van der Waals surface area (Å²) >= 11 is 0. The lowest BCUT2D eigenvalue weighted by Crippen LogP contribution is -2.10. The van der Waals surface area contributed by atoms with Gasteiger partial charge in [0.15, 0.2) is 0 Å². The van der Waals surface area contributed by atoms with Crippen LogP contribution in [-0.4, -0.2) is 34.4 Å². The number of hydrogen-bond acceptors (Lipinski definition) is 9. The number of ether oxygens (including phenoxy) is 2. The van der Waals surface area contributed by atoms with Crippen molar-refractivity contribution >= 4 is 57.4 Å². The molecule has 63 heavy (non-hydrogen) atoms. The predicted octanol–water partition coefficient (Wildman–Crippen LogP) is 11.8. The minimum absolute atomic E-state index is 0.00741. The summed E-state index contributed by atoms with van der Waals surface area (Å²) in [6.45, 7) is 0.00741. The van der Waals surface area contributed by atoms with Crippen molar-refractivity contribution < 1.29 is 34.4 Å². The quantitative estimate of drug-likeness (QED) is 0.0700. The molecule has 8 rings (SSSR count). The van der Waals surface area contributed by atoms with Gasteiger partial charge in [-0.15, -0.1) is 0 Å². The topological polar surface area (TPSA) is 172 Å². The lowest BCUT2D eigenvalue weighted by atomic mass is 10.0. The third-order valence-corrected chi connectivity index (χ3v) is 10.0. The molecular weight excluding hydrogens is 793 g/mol. The molecular formula is C52H44N4O7. The molecule has 314 valence electrons. The van der Waals surface area contributed by atoms with E-state index in [0.29, 0.717) is 17.2 Å². The summed E-state index contributed by atoms with van der Waals surface area (Å²) < 4.78 is 10.8. The Kier molecular flexibility index (Phi) is 13.3. The van der Waals surface area contributed by atoms with Gasteiger partial charge in [0.25, 0.3) is 0 Å². The van der Waals surface area contributed by atoms with Crippen molar-refractivity contribution in [3.05, 3.63) is 211 Å². The first kappa shape index (κ1) is 42.6. The lowest BCUT2D eigenvalue weighted by molar-refractivity contribution is 0.0686. The van der Waals surface area contributed by atoms with Crippen molar-refractivity contribution in [3.8, 4) is 28.4 Å². The van der Waals surface area contributed by atoms with Gasteiger partial charge < -0.3 is 46.1 Å². The molecule has 0 aromatic heterocycles. The Morgan fingerprint density at radius 1 is 0.429 bits per heavy atom. The molecule has 0 saturated heterocycles. The van der Waals surface area contributed by atoms with Crippen LogP contribution in [0.5, 0.6) is 17.2 Å². The lowest BCUT2D eigenvalue weighted by Gasteiger charge is -2.26. The maximum Gasteiger partial charge on any atom is 0.335 e. The van der Waals surface area contributed by atoms with Gasteiger partial charge in [-0.2, -0.15) is 0 Å². The van der Waals surface area contributed by atoms with Crippen molar-refractivity contribution in [2.45, 2.75) is 6.61 Å². The number of aliphatic hydroxyl groups excluding tert-OH is 1. The molecule has 0 spiro atoms. The normalized spacial score (nSPS) is 10.5. The molecule has 11 heteroatoms. The van der Waals surface area contributed by atoms with Crippen LogP contribution in [-0.2, 0) is 6.61 Å². The zero-order valence-electron chi connectivity index (χ0n) is 34.2. The second-order valence-corrected chi connectivity index (χ2v) is 14.2. The van der Waals surface area contributed by atoms with Crippen LogP contribution in [0.15, 0.2) is 194 Å². The highest BCUT2D eigenvalue weighted by Gasteiger charge is 2.15. The fraction of sp³-hybridized carbons (Fsp3) is 0.0385. The van der Waals surface area contributed by atoms with Gasteiger partial charge in [0.2, 0.25) is 0 Å². The fourth-order valence-corrected chi connectivity index (χ4v) is 6.70. The molecule has 0 heterocycles. The molecule has 0 bridgehead atoms. The number of nitrogen functional groups attached to an aromatic ring is 2. The first-order valence-electron chi connectivity index (χ1n) is 19.8. The highest BCUT2D eigenvalue weighted by molar-refractivity contribution is 5.88. The van der Waals surface area contributed by atoms with Gasteiger partial charge in [0.1, 0.15) is 17.2 Å². The summed E-state index contributed by atoms with van der Waals surface area (Å²) in [5, 5.41) is 27.0. The molecule has 0 saturated carbocycles. The molecule has 8 aromatic rings. The monoisotopic (exact) mass is 836 g/mol. The van der Waals surface area contributed by atoms with E-state index in [4.69, 9.17) is 31.2 Å². The van der Waals surface area contributed by atoms with E-state index in [1.165, 1.54) is 48.5 Å². The summed E-state index contributed by atoms with van der Waals surface area (Å²) in [6, 6.07) is 60.6. The Balaban J connectivity index is 0.000000262. The van der Waals surface area contributed by atoms with Crippen LogP contribution in [0.1, 0.15) is 26.3 Å². The number of carbonyl (C=O) groups is 2. The summed E-state index contributed by atoms with van der Waals surface area (Å²) in [7, 11) is 1.67. The number of benzene rings is 8. The SMILES string of the molecule is COc1ccc(N(c2ccc(N)cc2)c2ccc(-c3ccc(N(c4ccc(N)cc4)c4ccc(CO)cc4)cc3)cc2)cc1.O=C(O)c1ccc(Oc2ccc(C(=O)O)cc2)cc1. The molecule has 0 unspecified atom stereocenters. The van der Waals surface area contributed by atoms with Gasteiger partial charge in [-0.05, 0) is 174 Å². The van der Waals surface area contributed by atoms with Gasteiger partial charge in [-0.3, -0.25) is 0 Å². The Morgan fingerprint density at radius 2 is 0.714 bits per heavy atom. The summed E-state index contributed by atoms with van der Waals surface area (Å²) in [5.74, 6) is -0.238. The van der Waals surface area contributed by atoms with Crippen LogP contribution in [0.4, 0.5) is 45.5 Å². The smallest absolute Gasteiger partial charge is 0.335 e. The summed E-state index contributed by atoms with van der Waals surface area (Å²) in [4.78, 5) is 25.7. The Bertz CT molecular complexity index is 2550. The number of nitrogens with two attached hydrogens (primary N) is 2. The highest BCUT2D eigenvalue weighted by atomic mass is 16.5. The summed E-state index contributed by atoms with van der Waals surface area (Å²) in [6.07, 6.45) is 0. The Morgan fingerprint density at radius 3 is 1.02 bits per heavy atom. The van der Waals surface area contributed by atoms with E-state index < -0.39 is 11.9 Å². The average Bonchev–Trinajstić information content (AvgIpc) is 3.32.